The summed E-state index contributed by atoms with van der Waals surface area (Å²) < 4.78 is 20.0. The van der Waals surface area contributed by atoms with E-state index in [4.69, 9.17) is 33.0 Å². The highest BCUT2D eigenvalue weighted by atomic mass is 35.5. The number of halogens is 3. The number of ether oxygens (including phenoxy) is 1. The number of rotatable bonds is 8. The van der Waals surface area contributed by atoms with Crippen molar-refractivity contribution in [3.8, 4) is 11.3 Å². The van der Waals surface area contributed by atoms with E-state index in [-0.39, 0.29) is 43.3 Å². The quantitative estimate of drug-likeness (QED) is 0.223. The number of aromatic nitrogens is 1. The summed E-state index contributed by atoms with van der Waals surface area (Å²) >= 11 is 13.6. The molecule has 0 bridgehead atoms. The minimum atomic E-state index is -1.29. The first-order valence-corrected chi connectivity index (χ1v) is 12.6. The molecule has 1 heterocycles. The maximum atomic E-state index is 15.2. The minimum absolute atomic E-state index is 0.0671. The third-order valence-electron chi connectivity index (χ3n) is 5.27. The van der Waals surface area contributed by atoms with Gasteiger partial charge >= 0.3 is 5.97 Å². The van der Waals surface area contributed by atoms with Crippen LogP contribution in [0.1, 0.15) is 48.7 Å². The number of thiazole rings is 1. The topological polar surface area (TPSA) is 88.5 Å². The van der Waals surface area contributed by atoms with Crippen LogP contribution >= 0.6 is 34.5 Å². The van der Waals surface area contributed by atoms with Gasteiger partial charge in [-0.1, -0.05) is 56.1 Å². The molecule has 3 aromatic rings. The summed E-state index contributed by atoms with van der Waals surface area (Å²) in [7, 11) is 1.21. The molecule has 1 aromatic heterocycles. The fraction of sp³-hybridized carbons (Fsp3) is 0.269. The third kappa shape index (κ3) is 6.84. The number of carboxylic acid groups (broad SMARTS) is 1. The van der Waals surface area contributed by atoms with E-state index >= 15 is 4.39 Å². The molecule has 0 unspecified atom stereocenters. The predicted molar refractivity (Wildman–Crippen MR) is 142 cm³/mol. The van der Waals surface area contributed by atoms with Crippen molar-refractivity contribution in [3.05, 3.63) is 74.0 Å². The van der Waals surface area contributed by atoms with Crippen LogP contribution in [0.4, 0.5) is 9.52 Å². The number of nitrogens with one attached hydrogen (secondary N) is 1. The zero-order chi connectivity index (χ0) is 26.6. The molecule has 0 aliphatic carbocycles. The van der Waals surface area contributed by atoms with E-state index in [1.54, 1.807) is 23.6 Å². The zero-order valence-corrected chi connectivity index (χ0v) is 22.4. The van der Waals surface area contributed by atoms with Crippen molar-refractivity contribution in [3.63, 3.8) is 0 Å². The number of hydrogen-bond donors (Lipinski definition) is 2. The lowest BCUT2D eigenvalue weighted by molar-refractivity contribution is -0.135. The Bertz CT molecular complexity index is 1310. The average Bonchev–Trinajstić information content (AvgIpc) is 3.25. The van der Waals surface area contributed by atoms with Gasteiger partial charge in [0.05, 0.1) is 22.8 Å². The molecule has 0 aliphatic rings. The highest BCUT2D eigenvalue weighted by Crippen LogP contribution is 2.32. The molecule has 36 heavy (non-hydrogen) atoms. The molecule has 2 aromatic carbocycles. The van der Waals surface area contributed by atoms with E-state index in [2.05, 4.69) is 31.1 Å². The molecule has 0 aliphatic heterocycles. The van der Waals surface area contributed by atoms with E-state index in [0.717, 1.165) is 17.8 Å². The Morgan fingerprint density at radius 2 is 1.89 bits per heavy atom. The molecule has 2 N–H and O–H groups in total. The lowest BCUT2D eigenvalue weighted by atomic mass is 9.88. The van der Waals surface area contributed by atoms with Crippen LogP contribution in [0.25, 0.3) is 17.3 Å². The standard InChI is InChI=1S/C26H25Cl2FN2O4S/c1-26(2,3)9-8-14-6-5-7-16(22(14)29)20-13-36-25(30-20)31-23(32)15-10-18(27)17(19(28)11-15)12-21(35-4)24(33)34/h5-7,10-13H,8-9H2,1-4H3,(H,33,34)(H,30,31,32)/b21-12-. The fourth-order valence-electron chi connectivity index (χ4n) is 3.30. The summed E-state index contributed by atoms with van der Waals surface area (Å²) in [5, 5.41) is 13.9. The van der Waals surface area contributed by atoms with Gasteiger partial charge in [-0.25, -0.2) is 14.2 Å². The van der Waals surface area contributed by atoms with Gasteiger partial charge in [-0.2, -0.15) is 0 Å². The van der Waals surface area contributed by atoms with E-state index in [1.807, 2.05) is 0 Å². The van der Waals surface area contributed by atoms with E-state index in [9.17, 15) is 9.59 Å². The fourth-order valence-corrected chi connectivity index (χ4v) is 4.60. The first-order chi connectivity index (χ1) is 16.9. The predicted octanol–water partition coefficient (Wildman–Crippen LogP) is 7.56. The maximum Gasteiger partial charge on any atom is 0.371 e. The third-order valence-corrected chi connectivity index (χ3v) is 6.65. The molecule has 0 spiro atoms. The van der Waals surface area contributed by atoms with Crippen LogP contribution in [-0.4, -0.2) is 29.1 Å². The molecular formula is C26H25Cl2FN2O4S. The lowest BCUT2D eigenvalue weighted by Crippen LogP contribution is -2.12. The Hall–Kier alpha value is -2.94. The molecule has 0 fully saturated rings. The molecule has 0 saturated carbocycles. The summed E-state index contributed by atoms with van der Waals surface area (Å²) in [5.74, 6) is -2.49. The lowest BCUT2D eigenvalue weighted by Gasteiger charge is -2.18. The SMILES string of the molecule is CO/C(=C\c1c(Cl)cc(C(=O)Nc2nc(-c3cccc(CCC(C)(C)C)c3F)cs2)cc1Cl)C(=O)O. The number of amides is 1. The number of carboxylic acids is 1. The van der Waals surface area contributed by atoms with Crippen molar-refractivity contribution < 1.29 is 23.8 Å². The molecular weight excluding hydrogens is 526 g/mol. The number of benzene rings is 2. The molecule has 190 valence electrons. The molecule has 0 radical (unpaired) electrons. The number of carbonyl (C=O) groups is 2. The molecule has 6 nitrogen and oxygen atoms in total. The van der Waals surface area contributed by atoms with Gasteiger partial charge in [0.1, 0.15) is 5.82 Å². The number of carbonyl (C=O) groups excluding carboxylic acids is 1. The molecule has 3 rings (SSSR count). The van der Waals surface area contributed by atoms with Crippen molar-refractivity contribution >= 4 is 57.6 Å². The maximum absolute atomic E-state index is 15.2. The summed E-state index contributed by atoms with van der Waals surface area (Å²) in [6.45, 7) is 6.34. The first-order valence-electron chi connectivity index (χ1n) is 10.9. The number of aryl methyl sites for hydroxylation is 1. The van der Waals surface area contributed by atoms with Gasteiger partial charge in [0.2, 0.25) is 5.76 Å². The summed E-state index contributed by atoms with van der Waals surface area (Å²) in [4.78, 5) is 28.4. The second-order valence-electron chi connectivity index (χ2n) is 9.20. The Balaban J connectivity index is 1.80. The molecule has 0 atom stereocenters. The second-order valence-corrected chi connectivity index (χ2v) is 10.9. The van der Waals surface area contributed by atoms with E-state index in [0.29, 0.717) is 23.2 Å². The van der Waals surface area contributed by atoms with Crippen molar-refractivity contribution in [1.82, 2.24) is 4.98 Å². The second kappa shape index (κ2) is 11.4. The van der Waals surface area contributed by atoms with Gasteiger partial charge < -0.3 is 9.84 Å². The van der Waals surface area contributed by atoms with E-state index < -0.39 is 11.9 Å². The normalized spacial score (nSPS) is 11.9. The number of nitrogens with zero attached hydrogens (tertiary/aromatic N) is 1. The average molecular weight is 551 g/mol. The monoisotopic (exact) mass is 550 g/mol. The smallest absolute Gasteiger partial charge is 0.371 e. The largest absolute Gasteiger partial charge is 0.490 e. The van der Waals surface area contributed by atoms with Crippen molar-refractivity contribution in [2.24, 2.45) is 5.41 Å². The number of aliphatic carboxylic acids is 1. The van der Waals surface area contributed by atoms with Crippen LogP contribution in [-0.2, 0) is 16.0 Å². The Morgan fingerprint density at radius 3 is 2.47 bits per heavy atom. The summed E-state index contributed by atoms with van der Waals surface area (Å²) in [5.41, 5.74) is 1.84. The summed E-state index contributed by atoms with van der Waals surface area (Å²) in [6.07, 6.45) is 2.63. The van der Waals surface area contributed by atoms with E-state index in [1.165, 1.54) is 25.3 Å². The van der Waals surface area contributed by atoms with Crippen LogP contribution in [0.3, 0.4) is 0 Å². The van der Waals surface area contributed by atoms with Crippen molar-refractivity contribution in [2.75, 3.05) is 12.4 Å². The van der Waals surface area contributed by atoms with Gasteiger partial charge in [-0.3, -0.25) is 10.1 Å². The Labute approximate surface area is 222 Å². The van der Waals surface area contributed by atoms with Crippen molar-refractivity contribution in [2.45, 2.75) is 33.6 Å². The Kier molecular flexibility index (Phi) is 8.76. The number of hydrogen-bond acceptors (Lipinski definition) is 5. The zero-order valence-electron chi connectivity index (χ0n) is 20.1. The van der Waals surface area contributed by atoms with Crippen LogP contribution in [0, 0.1) is 11.2 Å². The molecule has 1 amide bonds. The number of anilines is 1. The van der Waals surface area contributed by atoms with Gasteiger partial charge in [-0.15, -0.1) is 11.3 Å². The molecule has 10 heteroatoms. The van der Waals surface area contributed by atoms with Gasteiger partial charge in [0, 0.05) is 22.1 Å². The first kappa shape index (κ1) is 27.6. The van der Waals surface area contributed by atoms with Gasteiger partial charge in [0.25, 0.3) is 5.91 Å². The minimum Gasteiger partial charge on any atom is -0.490 e. The van der Waals surface area contributed by atoms with Crippen LogP contribution in [0.5, 0.6) is 0 Å². The highest BCUT2D eigenvalue weighted by molar-refractivity contribution is 7.14. The molecule has 0 saturated heterocycles. The van der Waals surface area contributed by atoms with Crippen LogP contribution < -0.4 is 5.32 Å². The Morgan fingerprint density at radius 1 is 1.22 bits per heavy atom. The van der Waals surface area contributed by atoms with Crippen LogP contribution in [0.2, 0.25) is 10.0 Å². The summed E-state index contributed by atoms with van der Waals surface area (Å²) in [6, 6.07) is 7.95. The van der Waals surface area contributed by atoms with Crippen molar-refractivity contribution in [1.29, 1.82) is 0 Å². The highest BCUT2D eigenvalue weighted by Gasteiger charge is 2.18. The van der Waals surface area contributed by atoms with Gasteiger partial charge in [-0.05, 0) is 48.1 Å². The number of methoxy groups -OCH3 is 1. The van der Waals surface area contributed by atoms with Crippen LogP contribution in [0.15, 0.2) is 41.5 Å². The van der Waals surface area contributed by atoms with Gasteiger partial charge in [0.15, 0.2) is 5.13 Å².